The smallest absolute Gasteiger partial charge is 0.241 e. The van der Waals surface area contributed by atoms with Crippen LogP contribution in [0, 0.1) is 11.7 Å². The zero-order chi connectivity index (χ0) is 25.2. The molecule has 190 valence electrons. The summed E-state index contributed by atoms with van der Waals surface area (Å²) >= 11 is 0. The number of hydrogen-bond acceptors (Lipinski definition) is 4. The molecule has 7 nitrogen and oxygen atoms in total. The van der Waals surface area contributed by atoms with Crippen molar-refractivity contribution in [2.75, 3.05) is 26.2 Å². The molecular weight excluding hydrogens is 449 g/mol. The molecule has 1 saturated carbocycles. The molecule has 2 aliphatic heterocycles. The van der Waals surface area contributed by atoms with Gasteiger partial charge in [-0.1, -0.05) is 25.0 Å². The van der Waals surface area contributed by atoms with E-state index in [4.69, 9.17) is 0 Å². The van der Waals surface area contributed by atoms with Crippen LogP contribution in [0.1, 0.15) is 70.8 Å². The van der Waals surface area contributed by atoms with Crippen molar-refractivity contribution in [2.45, 2.75) is 76.7 Å². The summed E-state index contributed by atoms with van der Waals surface area (Å²) in [5, 5.41) is 0. The molecule has 8 heteroatoms. The van der Waals surface area contributed by atoms with Crippen LogP contribution < -0.4 is 0 Å². The lowest BCUT2D eigenvalue weighted by molar-refractivity contribution is -0.146. The predicted octanol–water partition coefficient (Wildman–Crippen LogP) is 3.26. The van der Waals surface area contributed by atoms with E-state index in [-0.39, 0.29) is 48.4 Å². The second-order valence-corrected chi connectivity index (χ2v) is 10.1. The molecule has 2 heterocycles. The first-order valence-corrected chi connectivity index (χ1v) is 13.0. The first-order chi connectivity index (χ1) is 16.8. The number of piperidine rings is 1. The van der Waals surface area contributed by atoms with Crippen LogP contribution in [-0.4, -0.2) is 70.5 Å². The molecule has 3 fully saturated rings. The van der Waals surface area contributed by atoms with Crippen molar-refractivity contribution in [1.29, 1.82) is 0 Å². The average molecular weight is 486 g/mol. The van der Waals surface area contributed by atoms with Crippen LogP contribution in [0.25, 0.3) is 0 Å². The molecule has 4 rings (SSSR count). The Morgan fingerprint density at radius 1 is 1.09 bits per heavy atom. The van der Waals surface area contributed by atoms with Crippen LogP contribution in [0.5, 0.6) is 0 Å². The summed E-state index contributed by atoms with van der Waals surface area (Å²) in [6.45, 7) is 5.94. The molecule has 2 saturated heterocycles. The molecule has 3 aliphatic rings. The van der Waals surface area contributed by atoms with E-state index in [9.17, 15) is 23.6 Å². The van der Waals surface area contributed by atoms with Crippen LogP contribution >= 0.6 is 0 Å². The van der Waals surface area contributed by atoms with Crippen LogP contribution in [0.3, 0.4) is 0 Å². The average Bonchev–Trinajstić information content (AvgIpc) is 3.46. The monoisotopic (exact) mass is 485 g/mol. The van der Waals surface area contributed by atoms with Gasteiger partial charge in [0, 0.05) is 45.1 Å². The Morgan fingerprint density at radius 3 is 2.46 bits per heavy atom. The first kappa shape index (κ1) is 25.3. The molecule has 1 aromatic carbocycles. The molecule has 0 bridgehead atoms. The molecule has 0 spiro atoms. The van der Waals surface area contributed by atoms with Crippen molar-refractivity contribution in [3.8, 4) is 0 Å². The molecule has 0 unspecified atom stereocenters. The molecule has 1 aliphatic carbocycles. The van der Waals surface area contributed by atoms with E-state index in [0.717, 1.165) is 32.1 Å². The number of carbonyl (C=O) groups excluding carboxylic acids is 4. The van der Waals surface area contributed by atoms with Crippen molar-refractivity contribution >= 4 is 23.6 Å². The highest BCUT2D eigenvalue weighted by molar-refractivity contribution is 6.11. The van der Waals surface area contributed by atoms with Gasteiger partial charge < -0.3 is 9.80 Å². The van der Waals surface area contributed by atoms with Crippen LogP contribution in [-0.2, 0) is 24.6 Å². The highest BCUT2D eigenvalue weighted by Crippen LogP contribution is 2.43. The van der Waals surface area contributed by atoms with Crippen molar-refractivity contribution in [2.24, 2.45) is 5.92 Å². The fourth-order valence-corrected chi connectivity index (χ4v) is 6.12. The molecule has 0 N–H and O–H groups in total. The zero-order valence-corrected chi connectivity index (χ0v) is 20.8. The van der Waals surface area contributed by atoms with E-state index in [1.165, 1.54) is 23.1 Å². The maximum Gasteiger partial charge on any atom is 0.241 e. The quantitative estimate of drug-likeness (QED) is 0.556. The summed E-state index contributed by atoms with van der Waals surface area (Å²) in [5.41, 5.74) is -1.04. The van der Waals surface area contributed by atoms with Gasteiger partial charge >= 0.3 is 0 Å². The number of carbonyl (C=O) groups is 4. The second kappa shape index (κ2) is 10.5. The number of rotatable bonds is 7. The molecular formula is C27H36FN3O4. The van der Waals surface area contributed by atoms with Crippen molar-refractivity contribution in [3.63, 3.8) is 0 Å². The summed E-state index contributed by atoms with van der Waals surface area (Å²) in [4.78, 5) is 58.3. The number of imide groups is 1. The third kappa shape index (κ3) is 4.84. The molecule has 0 aromatic heterocycles. The first-order valence-electron chi connectivity index (χ1n) is 13.0. The molecule has 2 atom stereocenters. The van der Waals surface area contributed by atoms with Gasteiger partial charge in [0.1, 0.15) is 5.82 Å². The number of halogens is 1. The third-order valence-corrected chi connectivity index (χ3v) is 8.07. The predicted molar refractivity (Wildman–Crippen MR) is 129 cm³/mol. The van der Waals surface area contributed by atoms with Gasteiger partial charge in [-0.25, -0.2) is 4.39 Å². The topological polar surface area (TPSA) is 78.0 Å². The summed E-state index contributed by atoms with van der Waals surface area (Å²) in [6, 6.07) is 5.59. The Bertz CT molecular complexity index is 988. The van der Waals surface area contributed by atoms with Gasteiger partial charge in [0.05, 0.1) is 11.3 Å². The van der Waals surface area contributed by atoms with E-state index in [1.54, 1.807) is 15.9 Å². The van der Waals surface area contributed by atoms with Crippen LogP contribution in [0.15, 0.2) is 24.3 Å². The number of hydrogen-bond donors (Lipinski definition) is 0. The maximum atomic E-state index is 14.2. The fraction of sp³-hybridized carbons (Fsp3) is 0.630. The number of benzene rings is 1. The normalized spacial score (nSPS) is 25.4. The van der Waals surface area contributed by atoms with Gasteiger partial charge in [-0.05, 0) is 57.2 Å². The van der Waals surface area contributed by atoms with Crippen molar-refractivity contribution in [1.82, 2.24) is 14.7 Å². The Balaban J connectivity index is 1.60. The SMILES string of the molecule is CCN(CC)C(=O)[C@@H]1CCCN(C(=O)C[C@]2(c3cccc(F)c3)CC(=O)N(C3CCCC3)C2=O)C1. The number of likely N-dealkylation sites (tertiary alicyclic amines) is 2. The van der Waals surface area contributed by atoms with Crippen LogP contribution in [0.4, 0.5) is 4.39 Å². The summed E-state index contributed by atoms with van der Waals surface area (Å²) in [6.07, 6.45) is 4.56. The third-order valence-electron chi connectivity index (χ3n) is 8.07. The summed E-state index contributed by atoms with van der Waals surface area (Å²) < 4.78 is 14.2. The second-order valence-electron chi connectivity index (χ2n) is 10.1. The molecule has 4 amide bonds. The molecule has 1 aromatic rings. The summed E-state index contributed by atoms with van der Waals surface area (Å²) in [7, 11) is 0. The maximum absolute atomic E-state index is 14.2. The van der Waals surface area contributed by atoms with Gasteiger partial charge in [0.2, 0.25) is 23.6 Å². The molecule has 0 radical (unpaired) electrons. The largest absolute Gasteiger partial charge is 0.343 e. The number of nitrogens with zero attached hydrogens (tertiary/aromatic N) is 3. The van der Waals surface area contributed by atoms with E-state index in [2.05, 4.69) is 0 Å². The lowest BCUT2D eigenvalue weighted by Gasteiger charge is -2.36. The number of amides is 4. The van der Waals surface area contributed by atoms with Gasteiger partial charge in [-0.2, -0.15) is 0 Å². The van der Waals surface area contributed by atoms with E-state index < -0.39 is 11.2 Å². The minimum atomic E-state index is -1.41. The Kier molecular flexibility index (Phi) is 7.57. The van der Waals surface area contributed by atoms with Gasteiger partial charge in [-0.3, -0.25) is 24.1 Å². The van der Waals surface area contributed by atoms with Crippen molar-refractivity contribution in [3.05, 3.63) is 35.6 Å². The highest BCUT2D eigenvalue weighted by Gasteiger charge is 2.56. The minimum Gasteiger partial charge on any atom is -0.343 e. The lowest BCUT2D eigenvalue weighted by Crippen LogP contribution is -2.49. The standard InChI is InChI=1S/C27H36FN3O4/c1-3-29(4-2)25(34)19-9-8-14-30(18-19)23(32)16-27(20-10-7-11-21(28)15-20)17-24(33)31(26(27)35)22-12-5-6-13-22/h7,10-11,15,19,22H,3-6,8-9,12-14,16-18H2,1-2H3/t19-,27-/m1/s1. The fourth-order valence-electron chi connectivity index (χ4n) is 6.12. The minimum absolute atomic E-state index is 0.0480. The van der Waals surface area contributed by atoms with E-state index in [1.807, 2.05) is 13.8 Å². The Hall–Kier alpha value is -2.77. The van der Waals surface area contributed by atoms with Gasteiger partial charge in [0.25, 0.3) is 0 Å². The Morgan fingerprint density at radius 2 is 1.80 bits per heavy atom. The van der Waals surface area contributed by atoms with Gasteiger partial charge in [0.15, 0.2) is 0 Å². The van der Waals surface area contributed by atoms with E-state index in [0.29, 0.717) is 38.2 Å². The summed E-state index contributed by atoms with van der Waals surface area (Å²) in [5.74, 6) is -1.66. The molecule has 35 heavy (non-hydrogen) atoms. The van der Waals surface area contributed by atoms with Gasteiger partial charge in [-0.15, -0.1) is 0 Å². The van der Waals surface area contributed by atoms with Crippen LogP contribution in [0.2, 0.25) is 0 Å². The van der Waals surface area contributed by atoms with E-state index >= 15 is 0 Å². The Labute approximate surface area is 206 Å². The lowest BCUT2D eigenvalue weighted by atomic mass is 9.75. The zero-order valence-electron chi connectivity index (χ0n) is 20.8. The highest BCUT2D eigenvalue weighted by atomic mass is 19.1. The van der Waals surface area contributed by atoms with Crippen molar-refractivity contribution < 1.29 is 23.6 Å².